The molecular weight excluding hydrogens is 262 g/mol. The van der Waals surface area contributed by atoms with Crippen LogP contribution in [0.3, 0.4) is 0 Å². The van der Waals surface area contributed by atoms with E-state index in [0.29, 0.717) is 6.61 Å². The number of esters is 1. The van der Waals surface area contributed by atoms with E-state index in [1.165, 1.54) is 19.3 Å². The van der Waals surface area contributed by atoms with Crippen molar-refractivity contribution in [2.75, 3.05) is 19.6 Å². The van der Waals surface area contributed by atoms with Crippen molar-refractivity contribution in [3.63, 3.8) is 0 Å². The summed E-state index contributed by atoms with van der Waals surface area (Å²) in [6.07, 6.45) is 4.07. The van der Waals surface area contributed by atoms with Crippen LogP contribution in [0.15, 0.2) is 30.3 Å². The summed E-state index contributed by atoms with van der Waals surface area (Å²) in [5, 5.41) is 0. The second-order valence-corrected chi connectivity index (χ2v) is 6.14. The maximum absolute atomic E-state index is 12.1. The summed E-state index contributed by atoms with van der Waals surface area (Å²) in [5.41, 5.74) is 1.04. The first-order valence-corrected chi connectivity index (χ1v) is 8.12. The summed E-state index contributed by atoms with van der Waals surface area (Å²) in [6, 6.07) is 9.85. The van der Waals surface area contributed by atoms with Crippen LogP contribution in [0.4, 0.5) is 0 Å². The zero-order valence-electron chi connectivity index (χ0n) is 13.3. The van der Waals surface area contributed by atoms with Gasteiger partial charge in [0.15, 0.2) is 0 Å². The van der Waals surface area contributed by atoms with Gasteiger partial charge in [0.25, 0.3) is 0 Å². The summed E-state index contributed by atoms with van der Waals surface area (Å²) >= 11 is 0. The molecule has 0 aliphatic heterocycles. The number of hydrogen-bond acceptors (Lipinski definition) is 3. The molecule has 3 heteroatoms. The van der Waals surface area contributed by atoms with Crippen molar-refractivity contribution in [3.8, 4) is 0 Å². The van der Waals surface area contributed by atoms with Gasteiger partial charge in [-0.15, -0.1) is 0 Å². The molecule has 0 aromatic heterocycles. The Kier molecular flexibility index (Phi) is 6.24. The van der Waals surface area contributed by atoms with Crippen LogP contribution in [0, 0.1) is 11.8 Å². The molecule has 0 bridgehead atoms. The molecule has 0 radical (unpaired) electrons. The largest absolute Gasteiger partial charge is 0.461 e. The van der Waals surface area contributed by atoms with Gasteiger partial charge in [-0.3, -0.25) is 4.79 Å². The van der Waals surface area contributed by atoms with Gasteiger partial charge in [0.2, 0.25) is 0 Å². The molecule has 0 N–H and O–H groups in total. The van der Waals surface area contributed by atoms with E-state index in [-0.39, 0.29) is 11.9 Å². The molecule has 1 aromatic carbocycles. The zero-order chi connectivity index (χ0) is 15.1. The van der Waals surface area contributed by atoms with Crippen molar-refractivity contribution in [1.29, 1.82) is 0 Å². The number of nitrogens with zero attached hydrogens (tertiary/aromatic N) is 1. The molecule has 1 aromatic rings. The number of benzene rings is 1. The van der Waals surface area contributed by atoms with Crippen LogP contribution < -0.4 is 0 Å². The van der Waals surface area contributed by atoms with Gasteiger partial charge in [-0.2, -0.15) is 0 Å². The Morgan fingerprint density at radius 1 is 1.33 bits per heavy atom. The summed E-state index contributed by atoms with van der Waals surface area (Å²) in [4.78, 5) is 14.5. The third kappa shape index (κ3) is 5.16. The zero-order valence-corrected chi connectivity index (χ0v) is 13.3. The molecule has 21 heavy (non-hydrogen) atoms. The van der Waals surface area contributed by atoms with Crippen LogP contribution in [0.1, 0.15) is 38.7 Å². The highest BCUT2D eigenvalue weighted by Gasteiger charge is 2.23. The minimum Gasteiger partial charge on any atom is -0.461 e. The predicted octanol–water partition coefficient (Wildman–Crippen LogP) is 3.49. The molecule has 1 unspecified atom stereocenters. The molecule has 116 valence electrons. The molecule has 3 nitrogen and oxygen atoms in total. The first-order chi connectivity index (χ1) is 10.2. The first-order valence-electron chi connectivity index (χ1n) is 8.12. The second-order valence-electron chi connectivity index (χ2n) is 6.14. The van der Waals surface area contributed by atoms with Gasteiger partial charge in [0, 0.05) is 13.1 Å². The lowest BCUT2D eigenvalue weighted by Gasteiger charge is -2.32. The van der Waals surface area contributed by atoms with E-state index in [4.69, 9.17) is 4.74 Å². The van der Waals surface area contributed by atoms with Gasteiger partial charge in [0.05, 0.1) is 5.92 Å². The van der Waals surface area contributed by atoms with E-state index >= 15 is 0 Å². The van der Waals surface area contributed by atoms with Crippen molar-refractivity contribution in [3.05, 3.63) is 35.9 Å². The number of ether oxygens (including phenoxy) is 1. The number of carbonyl (C=O) groups excluding carboxylic acids is 1. The van der Waals surface area contributed by atoms with Crippen LogP contribution in [0.5, 0.6) is 0 Å². The Labute approximate surface area is 128 Å². The van der Waals surface area contributed by atoms with E-state index in [2.05, 4.69) is 11.8 Å². The third-order valence-corrected chi connectivity index (χ3v) is 4.35. The van der Waals surface area contributed by atoms with Gasteiger partial charge in [-0.1, -0.05) is 50.6 Å². The van der Waals surface area contributed by atoms with Crippen molar-refractivity contribution >= 4 is 5.97 Å². The van der Waals surface area contributed by atoms with Crippen LogP contribution >= 0.6 is 0 Å². The van der Waals surface area contributed by atoms with Crippen LogP contribution in [0.25, 0.3) is 0 Å². The molecular formula is C18H27NO2. The minimum absolute atomic E-state index is 0.0614. The van der Waals surface area contributed by atoms with E-state index in [9.17, 15) is 4.79 Å². The summed E-state index contributed by atoms with van der Waals surface area (Å²) in [7, 11) is 0. The number of carbonyl (C=O) groups is 1. The third-order valence-electron chi connectivity index (χ3n) is 4.35. The predicted molar refractivity (Wildman–Crippen MR) is 84.9 cm³/mol. The van der Waals surface area contributed by atoms with E-state index in [1.807, 2.05) is 37.3 Å². The van der Waals surface area contributed by atoms with Gasteiger partial charge < -0.3 is 9.64 Å². The first kappa shape index (κ1) is 16.0. The summed E-state index contributed by atoms with van der Waals surface area (Å²) in [5.74, 6) is 0.692. The average molecular weight is 289 g/mol. The van der Waals surface area contributed by atoms with Gasteiger partial charge in [-0.05, 0) is 30.9 Å². The topological polar surface area (TPSA) is 29.5 Å². The van der Waals surface area contributed by atoms with E-state index in [0.717, 1.165) is 31.1 Å². The quantitative estimate of drug-likeness (QED) is 0.686. The molecule has 0 amide bonds. The lowest BCUT2D eigenvalue weighted by Crippen LogP contribution is -2.37. The van der Waals surface area contributed by atoms with E-state index in [1.54, 1.807) is 0 Å². The molecule has 1 aliphatic rings. The highest BCUT2D eigenvalue weighted by molar-refractivity contribution is 5.72. The Hall–Kier alpha value is -1.35. The summed E-state index contributed by atoms with van der Waals surface area (Å²) in [6.45, 7) is 7.45. The highest BCUT2D eigenvalue weighted by atomic mass is 16.5. The highest BCUT2D eigenvalue weighted by Crippen LogP contribution is 2.27. The van der Waals surface area contributed by atoms with Gasteiger partial charge >= 0.3 is 5.97 Å². The van der Waals surface area contributed by atoms with Crippen LogP contribution in [-0.4, -0.2) is 30.5 Å². The number of hydrogen-bond donors (Lipinski definition) is 0. The average Bonchev–Trinajstić information content (AvgIpc) is 2.47. The monoisotopic (exact) mass is 289 g/mol. The van der Waals surface area contributed by atoms with Crippen molar-refractivity contribution in [2.45, 2.75) is 39.7 Å². The fraction of sp³-hybridized carbons (Fsp3) is 0.611. The molecule has 1 aliphatic carbocycles. The minimum atomic E-state index is -0.0917. The fourth-order valence-electron chi connectivity index (χ4n) is 2.71. The van der Waals surface area contributed by atoms with Crippen molar-refractivity contribution in [1.82, 2.24) is 4.90 Å². The molecule has 0 spiro atoms. The van der Waals surface area contributed by atoms with Crippen molar-refractivity contribution in [2.24, 2.45) is 11.8 Å². The SMILES string of the molecule is CCN(CC1CCC1)CC(C)C(=O)OCc1ccccc1. The van der Waals surface area contributed by atoms with Gasteiger partial charge in [-0.25, -0.2) is 0 Å². The molecule has 1 atom stereocenters. The smallest absolute Gasteiger partial charge is 0.310 e. The Balaban J connectivity index is 1.72. The van der Waals surface area contributed by atoms with Crippen molar-refractivity contribution < 1.29 is 9.53 Å². The summed E-state index contributed by atoms with van der Waals surface area (Å²) < 4.78 is 5.41. The fourth-order valence-corrected chi connectivity index (χ4v) is 2.71. The lowest BCUT2D eigenvalue weighted by atomic mass is 9.85. The normalized spacial score (nSPS) is 16.5. The van der Waals surface area contributed by atoms with Crippen LogP contribution in [0.2, 0.25) is 0 Å². The van der Waals surface area contributed by atoms with Crippen LogP contribution in [-0.2, 0) is 16.1 Å². The second kappa shape index (κ2) is 8.18. The molecule has 2 rings (SSSR count). The number of rotatable bonds is 8. The molecule has 1 saturated carbocycles. The standard InChI is InChI=1S/C18H27NO2/c1-3-19(13-16-10-7-11-16)12-15(2)18(20)21-14-17-8-5-4-6-9-17/h4-6,8-9,15-16H,3,7,10-14H2,1-2H3. The Morgan fingerprint density at radius 3 is 2.62 bits per heavy atom. The molecule has 0 heterocycles. The lowest BCUT2D eigenvalue weighted by molar-refractivity contribution is -0.150. The molecule has 0 saturated heterocycles. The van der Waals surface area contributed by atoms with E-state index < -0.39 is 0 Å². The molecule has 1 fully saturated rings. The Morgan fingerprint density at radius 2 is 2.05 bits per heavy atom. The van der Waals surface area contributed by atoms with Gasteiger partial charge in [0.1, 0.15) is 6.61 Å². The maximum Gasteiger partial charge on any atom is 0.310 e. The maximum atomic E-state index is 12.1. The Bertz CT molecular complexity index is 428.